The van der Waals surface area contributed by atoms with Gasteiger partial charge in [-0.15, -0.1) is 0 Å². The molecule has 0 bridgehead atoms. The van der Waals surface area contributed by atoms with Crippen molar-refractivity contribution in [1.82, 2.24) is 0 Å². The van der Waals surface area contributed by atoms with Crippen LogP contribution >= 0.6 is 0 Å². The fourth-order valence-electron chi connectivity index (χ4n) is 4.36. The lowest BCUT2D eigenvalue weighted by Gasteiger charge is -2.20. The Hall–Kier alpha value is -1.06. The maximum Gasteiger partial charge on any atom is 0.186 e. The van der Waals surface area contributed by atoms with Crippen LogP contribution in [0.4, 0.5) is 0 Å². The standard InChI is InChI=1S/C18H28N2O2/c1-3-7-13(8-4-1)17-19-15(11-21-17)16-12-22-18(20-16)14-9-5-2-6-10-14/h13-16H,1-12H2. The summed E-state index contributed by atoms with van der Waals surface area (Å²) in [5.41, 5.74) is 0. The molecule has 4 heteroatoms. The van der Waals surface area contributed by atoms with Crippen molar-refractivity contribution in [2.24, 2.45) is 21.8 Å². The molecule has 0 saturated heterocycles. The Kier molecular flexibility index (Phi) is 4.35. The summed E-state index contributed by atoms with van der Waals surface area (Å²) < 4.78 is 11.8. The van der Waals surface area contributed by atoms with Crippen molar-refractivity contribution in [3.05, 3.63) is 0 Å². The van der Waals surface area contributed by atoms with E-state index in [9.17, 15) is 0 Å². The summed E-state index contributed by atoms with van der Waals surface area (Å²) in [6.07, 6.45) is 13.1. The molecule has 0 aromatic rings. The van der Waals surface area contributed by atoms with Crippen molar-refractivity contribution in [3.8, 4) is 0 Å². The first-order valence-corrected chi connectivity index (χ1v) is 9.31. The average molecular weight is 304 g/mol. The van der Waals surface area contributed by atoms with Crippen LogP contribution in [0, 0.1) is 11.8 Å². The number of ether oxygens (including phenoxy) is 2. The van der Waals surface area contributed by atoms with Crippen LogP contribution in [0.1, 0.15) is 64.2 Å². The van der Waals surface area contributed by atoms with E-state index in [1.807, 2.05) is 0 Å². The van der Waals surface area contributed by atoms with E-state index in [0.717, 1.165) is 11.8 Å². The van der Waals surface area contributed by atoms with E-state index in [2.05, 4.69) is 0 Å². The van der Waals surface area contributed by atoms with Crippen molar-refractivity contribution >= 4 is 11.8 Å². The Morgan fingerprint density at radius 1 is 0.591 bits per heavy atom. The van der Waals surface area contributed by atoms with Gasteiger partial charge in [0, 0.05) is 11.8 Å². The molecule has 4 nitrogen and oxygen atoms in total. The van der Waals surface area contributed by atoms with Crippen LogP contribution in [0.3, 0.4) is 0 Å². The fraction of sp³-hybridized carbons (Fsp3) is 0.889. The second-order valence-electron chi connectivity index (χ2n) is 7.36. The van der Waals surface area contributed by atoms with Gasteiger partial charge in [-0.3, -0.25) is 0 Å². The molecule has 122 valence electrons. The topological polar surface area (TPSA) is 43.2 Å². The molecule has 2 heterocycles. The second-order valence-corrected chi connectivity index (χ2v) is 7.36. The lowest BCUT2D eigenvalue weighted by Crippen LogP contribution is -2.25. The number of rotatable bonds is 3. The maximum absolute atomic E-state index is 5.92. The molecule has 2 atom stereocenters. The molecule has 2 aliphatic heterocycles. The number of hydrogen-bond donors (Lipinski definition) is 0. The first kappa shape index (κ1) is 14.5. The summed E-state index contributed by atoms with van der Waals surface area (Å²) >= 11 is 0. The molecule has 4 rings (SSSR count). The highest BCUT2D eigenvalue weighted by Gasteiger charge is 2.36. The van der Waals surface area contributed by atoms with Crippen LogP contribution in [-0.2, 0) is 9.47 Å². The third kappa shape index (κ3) is 3.02. The molecule has 2 saturated carbocycles. The monoisotopic (exact) mass is 304 g/mol. The van der Waals surface area contributed by atoms with Crippen molar-refractivity contribution in [2.75, 3.05) is 13.2 Å². The maximum atomic E-state index is 5.92. The predicted octanol–water partition coefficient (Wildman–Crippen LogP) is 3.74. The molecule has 0 N–H and O–H groups in total. The first-order valence-electron chi connectivity index (χ1n) is 9.31. The lowest BCUT2D eigenvalue weighted by atomic mass is 9.89. The van der Waals surface area contributed by atoms with E-state index in [1.54, 1.807) is 0 Å². The van der Waals surface area contributed by atoms with Crippen LogP contribution in [0.5, 0.6) is 0 Å². The minimum absolute atomic E-state index is 0.193. The Bertz CT molecular complexity index is 406. The number of nitrogens with zero attached hydrogens (tertiary/aromatic N) is 2. The smallest absolute Gasteiger partial charge is 0.186 e. The molecule has 2 aliphatic carbocycles. The quantitative estimate of drug-likeness (QED) is 0.797. The summed E-state index contributed by atoms with van der Waals surface area (Å²) in [6.45, 7) is 1.42. The third-order valence-corrected chi connectivity index (χ3v) is 5.74. The number of hydrogen-bond acceptors (Lipinski definition) is 4. The molecule has 0 amide bonds. The minimum atomic E-state index is 0.193. The molecule has 0 aromatic heterocycles. The zero-order valence-electron chi connectivity index (χ0n) is 13.5. The summed E-state index contributed by atoms with van der Waals surface area (Å²) in [5, 5.41) is 0. The molecule has 0 aromatic carbocycles. The van der Waals surface area contributed by atoms with Gasteiger partial charge in [0.2, 0.25) is 0 Å². The van der Waals surface area contributed by atoms with E-state index in [-0.39, 0.29) is 12.1 Å². The summed E-state index contributed by atoms with van der Waals surface area (Å²) in [5.74, 6) is 3.18. The fourth-order valence-corrected chi connectivity index (χ4v) is 4.36. The Labute approximate surface area is 133 Å². The van der Waals surface area contributed by atoms with Crippen molar-refractivity contribution < 1.29 is 9.47 Å². The largest absolute Gasteiger partial charge is 0.478 e. The van der Waals surface area contributed by atoms with Crippen LogP contribution < -0.4 is 0 Å². The van der Waals surface area contributed by atoms with Gasteiger partial charge in [-0.25, -0.2) is 9.98 Å². The van der Waals surface area contributed by atoms with Gasteiger partial charge in [0.1, 0.15) is 25.3 Å². The van der Waals surface area contributed by atoms with Crippen LogP contribution in [0.25, 0.3) is 0 Å². The highest BCUT2D eigenvalue weighted by Crippen LogP contribution is 2.31. The van der Waals surface area contributed by atoms with E-state index in [0.29, 0.717) is 25.0 Å². The molecule has 0 radical (unpaired) electrons. The highest BCUT2D eigenvalue weighted by molar-refractivity contribution is 5.82. The molecular weight excluding hydrogens is 276 g/mol. The molecular formula is C18H28N2O2. The van der Waals surface area contributed by atoms with E-state index in [4.69, 9.17) is 19.5 Å². The zero-order chi connectivity index (χ0) is 14.8. The predicted molar refractivity (Wildman–Crippen MR) is 87.5 cm³/mol. The van der Waals surface area contributed by atoms with Crippen molar-refractivity contribution in [1.29, 1.82) is 0 Å². The first-order chi connectivity index (χ1) is 10.9. The van der Waals surface area contributed by atoms with Gasteiger partial charge >= 0.3 is 0 Å². The summed E-state index contributed by atoms with van der Waals surface area (Å²) in [7, 11) is 0. The normalized spacial score (nSPS) is 34.0. The van der Waals surface area contributed by atoms with E-state index >= 15 is 0 Å². The second kappa shape index (κ2) is 6.59. The van der Waals surface area contributed by atoms with E-state index in [1.165, 1.54) is 64.2 Å². The van der Waals surface area contributed by atoms with Crippen LogP contribution in [0.2, 0.25) is 0 Å². The molecule has 22 heavy (non-hydrogen) atoms. The lowest BCUT2D eigenvalue weighted by molar-refractivity contribution is 0.242. The number of aliphatic imine (C=N–C) groups is 2. The van der Waals surface area contributed by atoms with Gasteiger partial charge < -0.3 is 9.47 Å². The summed E-state index contributed by atoms with van der Waals surface area (Å²) in [4.78, 5) is 9.76. The average Bonchev–Trinajstić information content (AvgIpc) is 3.26. The molecule has 2 unspecified atom stereocenters. The van der Waals surface area contributed by atoms with E-state index < -0.39 is 0 Å². The minimum Gasteiger partial charge on any atom is -0.478 e. The Balaban J connectivity index is 1.38. The Morgan fingerprint density at radius 2 is 1.00 bits per heavy atom. The summed E-state index contributed by atoms with van der Waals surface area (Å²) in [6, 6.07) is 0.385. The van der Waals surface area contributed by atoms with Gasteiger partial charge in [0.25, 0.3) is 0 Å². The Morgan fingerprint density at radius 3 is 1.41 bits per heavy atom. The molecule has 4 aliphatic rings. The van der Waals surface area contributed by atoms with Crippen molar-refractivity contribution in [3.63, 3.8) is 0 Å². The SMILES string of the molecule is C1CCC(C2=NC(C3COC(C4CCCCC4)=N3)CO2)CC1. The zero-order valence-corrected chi connectivity index (χ0v) is 13.5. The van der Waals surface area contributed by atoms with Gasteiger partial charge in [0.15, 0.2) is 11.8 Å². The van der Waals surface area contributed by atoms with Gasteiger partial charge in [-0.2, -0.15) is 0 Å². The molecule has 2 fully saturated rings. The third-order valence-electron chi connectivity index (χ3n) is 5.74. The van der Waals surface area contributed by atoms with Crippen molar-refractivity contribution in [2.45, 2.75) is 76.3 Å². The van der Waals surface area contributed by atoms with Gasteiger partial charge in [-0.1, -0.05) is 38.5 Å². The van der Waals surface area contributed by atoms with Gasteiger partial charge in [-0.05, 0) is 25.7 Å². The highest BCUT2D eigenvalue weighted by atomic mass is 16.5. The van der Waals surface area contributed by atoms with Crippen LogP contribution in [0.15, 0.2) is 9.98 Å². The van der Waals surface area contributed by atoms with Gasteiger partial charge in [0.05, 0.1) is 0 Å². The molecule has 0 spiro atoms. The van der Waals surface area contributed by atoms with Crippen LogP contribution in [-0.4, -0.2) is 37.1 Å².